The molecule has 7 heteroatoms. The molecule has 0 spiro atoms. The molecule has 2 rings (SSSR count). The van der Waals surface area contributed by atoms with Crippen LogP contribution in [-0.4, -0.2) is 15.5 Å². The van der Waals surface area contributed by atoms with Crippen molar-refractivity contribution in [2.45, 2.75) is 19.4 Å². The normalized spacial score (nSPS) is 12.0. The number of nitrogens with zero attached hydrogens (tertiary/aromatic N) is 2. The Morgan fingerprint density at radius 1 is 1.33 bits per heavy atom. The zero-order valence-electron chi connectivity index (χ0n) is 9.87. The van der Waals surface area contributed by atoms with E-state index in [1.807, 2.05) is 0 Å². The van der Waals surface area contributed by atoms with Crippen molar-refractivity contribution in [2.75, 3.05) is 5.73 Å². The average Bonchev–Trinajstić information content (AvgIpc) is 2.54. The summed E-state index contributed by atoms with van der Waals surface area (Å²) in [4.78, 5) is 15.7. The molecule has 1 aromatic heterocycles. The smallest absolute Gasteiger partial charge is 0.243 e. The van der Waals surface area contributed by atoms with E-state index in [0.29, 0.717) is 21.1 Å². The first-order valence-electron chi connectivity index (χ1n) is 5.18. The number of benzene rings is 1. The van der Waals surface area contributed by atoms with E-state index in [-0.39, 0.29) is 5.95 Å². The SMILES string of the molecule is CC(C)(C(N)=O)n1c(N)nc2cc(Cl)c(Cl)cc21. The van der Waals surface area contributed by atoms with Gasteiger partial charge in [0.15, 0.2) is 0 Å². The first kappa shape index (κ1) is 13.0. The Labute approximate surface area is 114 Å². The molecule has 1 amide bonds. The highest BCUT2D eigenvalue weighted by Crippen LogP contribution is 2.32. The molecule has 0 fully saturated rings. The highest BCUT2D eigenvalue weighted by molar-refractivity contribution is 6.42. The minimum absolute atomic E-state index is 0.187. The standard InChI is InChI=1S/C11H12Cl2N4O/c1-11(2,9(14)18)17-8-4-6(13)5(12)3-7(8)16-10(17)15/h3-4H,1-2H3,(H2,14,18)(H2,15,16). The fraction of sp³-hybridized carbons (Fsp3) is 0.273. The van der Waals surface area contributed by atoms with E-state index in [1.54, 1.807) is 30.5 Å². The fourth-order valence-electron chi connectivity index (χ4n) is 1.79. The van der Waals surface area contributed by atoms with Gasteiger partial charge < -0.3 is 11.5 Å². The average molecular weight is 287 g/mol. The summed E-state index contributed by atoms with van der Waals surface area (Å²) in [5.41, 5.74) is 11.4. The van der Waals surface area contributed by atoms with E-state index in [1.165, 1.54) is 0 Å². The molecule has 2 aromatic rings. The Hall–Kier alpha value is -1.46. The number of amides is 1. The van der Waals surface area contributed by atoms with E-state index in [2.05, 4.69) is 4.98 Å². The molecule has 0 atom stereocenters. The third-order valence-corrected chi connectivity index (χ3v) is 3.61. The molecular formula is C11H12Cl2N4O. The van der Waals surface area contributed by atoms with E-state index < -0.39 is 11.4 Å². The summed E-state index contributed by atoms with van der Waals surface area (Å²) in [6.45, 7) is 3.32. The van der Waals surface area contributed by atoms with Crippen LogP contribution in [0.3, 0.4) is 0 Å². The summed E-state index contributed by atoms with van der Waals surface area (Å²) in [7, 11) is 0. The number of primary amides is 1. The van der Waals surface area contributed by atoms with Gasteiger partial charge in [-0.25, -0.2) is 4.98 Å². The van der Waals surface area contributed by atoms with Gasteiger partial charge in [0.1, 0.15) is 5.54 Å². The highest BCUT2D eigenvalue weighted by atomic mass is 35.5. The van der Waals surface area contributed by atoms with Crippen LogP contribution in [0.2, 0.25) is 10.0 Å². The van der Waals surface area contributed by atoms with Gasteiger partial charge >= 0.3 is 0 Å². The number of carbonyl (C=O) groups is 1. The minimum Gasteiger partial charge on any atom is -0.369 e. The Kier molecular flexibility index (Phi) is 2.91. The Morgan fingerprint density at radius 2 is 1.89 bits per heavy atom. The van der Waals surface area contributed by atoms with Crippen molar-refractivity contribution in [3.05, 3.63) is 22.2 Å². The first-order chi connectivity index (χ1) is 8.25. The summed E-state index contributed by atoms with van der Waals surface area (Å²) in [5.74, 6) is -0.327. The molecule has 0 bridgehead atoms. The van der Waals surface area contributed by atoms with Crippen molar-refractivity contribution < 1.29 is 4.79 Å². The predicted molar refractivity (Wildman–Crippen MR) is 72.7 cm³/mol. The van der Waals surface area contributed by atoms with Crippen LogP contribution in [0.4, 0.5) is 5.95 Å². The van der Waals surface area contributed by atoms with E-state index >= 15 is 0 Å². The summed E-state index contributed by atoms with van der Waals surface area (Å²) in [5, 5.41) is 0.747. The highest BCUT2D eigenvalue weighted by Gasteiger charge is 2.31. The van der Waals surface area contributed by atoms with Gasteiger partial charge in [0, 0.05) is 0 Å². The maximum absolute atomic E-state index is 11.5. The number of aromatic nitrogens is 2. The maximum Gasteiger partial charge on any atom is 0.243 e. The summed E-state index contributed by atoms with van der Waals surface area (Å²) >= 11 is 11.9. The van der Waals surface area contributed by atoms with Crippen LogP contribution in [0.25, 0.3) is 11.0 Å². The molecule has 1 aromatic carbocycles. The van der Waals surface area contributed by atoms with E-state index in [9.17, 15) is 4.79 Å². The number of fused-ring (bicyclic) bond motifs is 1. The molecule has 96 valence electrons. The van der Waals surface area contributed by atoms with Crippen LogP contribution >= 0.6 is 23.2 Å². The van der Waals surface area contributed by atoms with Gasteiger partial charge in [-0.3, -0.25) is 9.36 Å². The van der Waals surface area contributed by atoms with Gasteiger partial charge in [-0.15, -0.1) is 0 Å². The number of carbonyl (C=O) groups excluding carboxylic acids is 1. The number of halogens is 2. The fourth-order valence-corrected chi connectivity index (χ4v) is 2.10. The molecule has 0 aliphatic heterocycles. The number of anilines is 1. The summed E-state index contributed by atoms with van der Waals surface area (Å²) < 4.78 is 1.55. The van der Waals surface area contributed by atoms with Crippen LogP contribution in [0, 0.1) is 0 Å². The molecule has 0 saturated carbocycles. The monoisotopic (exact) mass is 286 g/mol. The van der Waals surface area contributed by atoms with Crippen molar-refractivity contribution >= 4 is 46.1 Å². The molecular weight excluding hydrogens is 275 g/mol. The van der Waals surface area contributed by atoms with Crippen LogP contribution in [0.15, 0.2) is 12.1 Å². The largest absolute Gasteiger partial charge is 0.369 e. The predicted octanol–water partition coefficient (Wildman–Crippen LogP) is 2.15. The molecule has 1 heterocycles. The third kappa shape index (κ3) is 1.79. The van der Waals surface area contributed by atoms with E-state index in [4.69, 9.17) is 34.7 Å². The Bertz CT molecular complexity index is 648. The molecule has 18 heavy (non-hydrogen) atoms. The molecule has 0 saturated heterocycles. The molecule has 0 aliphatic rings. The lowest BCUT2D eigenvalue weighted by atomic mass is 10.0. The van der Waals surface area contributed by atoms with Crippen molar-refractivity contribution in [1.29, 1.82) is 0 Å². The number of imidazole rings is 1. The van der Waals surface area contributed by atoms with Crippen LogP contribution in [0.1, 0.15) is 13.8 Å². The summed E-state index contributed by atoms with van der Waals surface area (Å²) in [6, 6.07) is 3.22. The van der Waals surface area contributed by atoms with Crippen molar-refractivity contribution in [1.82, 2.24) is 9.55 Å². The number of nitrogens with two attached hydrogens (primary N) is 2. The second kappa shape index (κ2) is 4.03. The Morgan fingerprint density at radius 3 is 2.44 bits per heavy atom. The zero-order valence-corrected chi connectivity index (χ0v) is 11.4. The number of rotatable bonds is 2. The lowest BCUT2D eigenvalue weighted by molar-refractivity contribution is -0.124. The molecule has 0 unspecified atom stereocenters. The lowest BCUT2D eigenvalue weighted by Crippen LogP contribution is -2.41. The van der Waals surface area contributed by atoms with E-state index in [0.717, 1.165) is 0 Å². The molecule has 0 radical (unpaired) electrons. The van der Waals surface area contributed by atoms with Crippen LogP contribution in [0.5, 0.6) is 0 Å². The van der Waals surface area contributed by atoms with Gasteiger partial charge in [0.25, 0.3) is 0 Å². The van der Waals surface area contributed by atoms with Crippen LogP contribution < -0.4 is 11.5 Å². The number of hydrogen-bond donors (Lipinski definition) is 2. The number of hydrogen-bond acceptors (Lipinski definition) is 3. The van der Waals surface area contributed by atoms with Gasteiger partial charge in [-0.1, -0.05) is 23.2 Å². The lowest BCUT2D eigenvalue weighted by Gasteiger charge is -2.24. The third-order valence-electron chi connectivity index (χ3n) is 2.88. The summed E-state index contributed by atoms with van der Waals surface area (Å²) in [6.07, 6.45) is 0. The number of nitrogen functional groups attached to an aromatic ring is 1. The molecule has 0 aliphatic carbocycles. The second-order valence-electron chi connectivity index (χ2n) is 4.48. The quantitative estimate of drug-likeness (QED) is 0.887. The van der Waals surface area contributed by atoms with Crippen molar-refractivity contribution in [3.63, 3.8) is 0 Å². The molecule has 5 nitrogen and oxygen atoms in total. The van der Waals surface area contributed by atoms with Crippen LogP contribution in [-0.2, 0) is 10.3 Å². The second-order valence-corrected chi connectivity index (χ2v) is 5.30. The van der Waals surface area contributed by atoms with Gasteiger partial charge in [-0.2, -0.15) is 0 Å². The Balaban J connectivity index is 2.83. The first-order valence-corrected chi connectivity index (χ1v) is 5.94. The zero-order chi connectivity index (χ0) is 13.7. The minimum atomic E-state index is -1.00. The van der Waals surface area contributed by atoms with Crippen molar-refractivity contribution in [2.24, 2.45) is 5.73 Å². The van der Waals surface area contributed by atoms with Gasteiger partial charge in [-0.05, 0) is 26.0 Å². The van der Waals surface area contributed by atoms with Crippen molar-refractivity contribution in [3.8, 4) is 0 Å². The maximum atomic E-state index is 11.5. The van der Waals surface area contributed by atoms with Gasteiger partial charge in [0.2, 0.25) is 11.9 Å². The van der Waals surface area contributed by atoms with Gasteiger partial charge in [0.05, 0.1) is 21.1 Å². The molecule has 4 N–H and O–H groups in total. The topological polar surface area (TPSA) is 86.9 Å².